The van der Waals surface area contributed by atoms with Crippen molar-refractivity contribution in [2.45, 2.75) is 46.6 Å². The summed E-state index contributed by atoms with van der Waals surface area (Å²) in [7, 11) is 1.33. The molecule has 1 N–H and O–H groups in total. The zero-order valence-corrected chi connectivity index (χ0v) is 16.5. The Balaban J connectivity index is -0.000000310. The lowest BCUT2D eigenvalue weighted by Crippen LogP contribution is -2.14. The summed E-state index contributed by atoms with van der Waals surface area (Å²) >= 11 is 0. The molecule has 0 aliphatic rings. The second-order valence-electron chi connectivity index (χ2n) is 5.21. The number of methoxy groups -OCH3 is 1. The third kappa shape index (κ3) is 21.6. The minimum Gasteiger partial charge on any atom is -0.466 e. The molecule has 0 aliphatic heterocycles. The lowest BCUT2D eigenvalue weighted by atomic mass is 10.3. The van der Waals surface area contributed by atoms with E-state index in [1.54, 1.807) is 20.8 Å². The second kappa shape index (κ2) is 18.9. The number of unbranched alkanes of at least 4 members (excludes halogenated alkanes) is 1. The summed E-state index contributed by atoms with van der Waals surface area (Å²) in [5.74, 6) is -1.21. The molecule has 0 fully saturated rings. The van der Waals surface area contributed by atoms with E-state index in [1.165, 1.54) is 13.2 Å². The van der Waals surface area contributed by atoms with Gasteiger partial charge >= 0.3 is 17.9 Å². The maximum absolute atomic E-state index is 10.7. The first kappa shape index (κ1) is 28.4. The molecule has 0 bridgehead atoms. The fourth-order valence-electron chi connectivity index (χ4n) is 0.912. The number of hydrogen-bond donors (Lipinski definition) is 1. The molecule has 0 aliphatic carbocycles. The zero-order chi connectivity index (χ0) is 21.1. The number of carbonyl (C=O) groups is 3. The monoisotopic (exact) mass is 372 g/mol. The van der Waals surface area contributed by atoms with Gasteiger partial charge in [-0.15, -0.1) is 0 Å². The summed E-state index contributed by atoms with van der Waals surface area (Å²) in [6.07, 6.45) is 3.00. The van der Waals surface area contributed by atoms with Crippen molar-refractivity contribution >= 4 is 17.9 Å². The van der Waals surface area contributed by atoms with E-state index >= 15 is 0 Å². The number of hydrogen-bond acceptors (Lipinski definition) is 7. The maximum Gasteiger partial charge on any atom is 0.336 e. The number of ether oxygens (including phenoxy) is 3. The first-order chi connectivity index (χ1) is 12.1. The van der Waals surface area contributed by atoms with Crippen LogP contribution in [0.15, 0.2) is 37.0 Å². The molecule has 0 saturated carbocycles. The molecule has 0 rings (SSSR count). The van der Waals surface area contributed by atoms with Crippen LogP contribution in [0.1, 0.15) is 40.5 Å². The third-order valence-corrected chi connectivity index (χ3v) is 2.27. The number of aliphatic hydroxyl groups is 1. The highest BCUT2D eigenvalue weighted by atomic mass is 16.5. The molecule has 0 aromatic carbocycles. The average Bonchev–Trinajstić information content (AvgIpc) is 2.60. The Labute approximate surface area is 156 Å². The fraction of sp³-hybridized carbons (Fsp3) is 0.526. The molecule has 0 amide bonds. The lowest BCUT2D eigenvalue weighted by molar-refractivity contribution is -0.143. The van der Waals surface area contributed by atoms with Crippen molar-refractivity contribution in [3.05, 3.63) is 37.0 Å². The molecule has 0 atom stereocenters. The summed E-state index contributed by atoms with van der Waals surface area (Å²) in [6.45, 7) is 17.2. The van der Waals surface area contributed by atoms with Gasteiger partial charge in [0.1, 0.15) is 0 Å². The third-order valence-electron chi connectivity index (χ3n) is 2.27. The van der Waals surface area contributed by atoms with E-state index < -0.39 is 5.97 Å². The van der Waals surface area contributed by atoms with Gasteiger partial charge in [0, 0.05) is 11.6 Å². The molecular formula is C19H32O7. The zero-order valence-electron chi connectivity index (χ0n) is 16.5. The molecular weight excluding hydrogens is 340 g/mol. The quantitative estimate of drug-likeness (QED) is 0.303. The highest BCUT2D eigenvalue weighted by Gasteiger charge is 2.07. The summed E-state index contributed by atoms with van der Waals surface area (Å²) in [5, 5.41) is 8.42. The van der Waals surface area contributed by atoms with Gasteiger partial charge in [-0.05, 0) is 27.2 Å². The minimum absolute atomic E-state index is 0.0914. The van der Waals surface area contributed by atoms with Crippen LogP contribution in [0.4, 0.5) is 0 Å². The Morgan fingerprint density at radius 3 is 1.96 bits per heavy atom. The van der Waals surface area contributed by atoms with E-state index in [0.29, 0.717) is 12.2 Å². The van der Waals surface area contributed by atoms with Crippen LogP contribution in [0.2, 0.25) is 0 Å². The summed E-state index contributed by atoms with van der Waals surface area (Å²) in [4.78, 5) is 31.2. The fourth-order valence-corrected chi connectivity index (χ4v) is 0.912. The van der Waals surface area contributed by atoms with Gasteiger partial charge in [0.25, 0.3) is 0 Å². The predicted molar refractivity (Wildman–Crippen MR) is 100 cm³/mol. The van der Waals surface area contributed by atoms with Gasteiger partial charge in [-0.25, -0.2) is 14.4 Å². The van der Waals surface area contributed by atoms with Crippen LogP contribution >= 0.6 is 0 Å². The highest BCUT2D eigenvalue weighted by molar-refractivity contribution is 5.88. The largest absolute Gasteiger partial charge is 0.466 e. The SMILES string of the molecule is C=C(C)C(=O)OC.C=C(CO)C(=O)OC(C)C.C=CC(=O)OCCCC. The van der Waals surface area contributed by atoms with E-state index in [9.17, 15) is 14.4 Å². The van der Waals surface area contributed by atoms with Crippen molar-refractivity contribution in [2.75, 3.05) is 20.3 Å². The summed E-state index contributed by atoms with van der Waals surface area (Å²) < 4.78 is 13.7. The van der Waals surface area contributed by atoms with Crippen molar-refractivity contribution in [3.8, 4) is 0 Å². The van der Waals surface area contributed by atoms with E-state index in [-0.39, 0.29) is 30.2 Å². The van der Waals surface area contributed by atoms with Gasteiger partial charge < -0.3 is 19.3 Å². The standard InChI is InChI=1S/C7H12O3.C7H12O2.C5H8O2/c1-5(2)10-7(9)6(3)4-8;1-3-5-6-9-7(8)4-2;1-4(2)5(6)7-3/h5,8H,3-4H2,1-2H3;4H,2-3,5-6H2,1H3;1H2,2-3H3. The number of aliphatic hydroxyl groups excluding tert-OH is 1. The van der Waals surface area contributed by atoms with Gasteiger partial charge in [-0.1, -0.05) is 33.1 Å². The predicted octanol–water partition coefficient (Wildman–Crippen LogP) is 2.74. The molecule has 0 aromatic heterocycles. The smallest absolute Gasteiger partial charge is 0.336 e. The van der Waals surface area contributed by atoms with Crippen molar-refractivity contribution in [2.24, 2.45) is 0 Å². The number of rotatable bonds is 8. The van der Waals surface area contributed by atoms with Crippen LogP contribution in [0.3, 0.4) is 0 Å². The van der Waals surface area contributed by atoms with Gasteiger partial charge in [0.2, 0.25) is 0 Å². The van der Waals surface area contributed by atoms with Crippen molar-refractivity contribution in [1.82, 2.24) is 0 Å². The Bertz CT molecular complexity index is 465. The molecule has 7 nitrogen and oxygen atoms in total. The molecule has 0 radical (unpaired) electrons. The average molecular weight is 372 g/mol. The molecule has 0 saturated heterocycles. The van der Waals surface area contributed by atoms with Crippen LogP contribution in [0.5, 0.6) is 0 Å². The Hall–Kier alpha value is -2.41. The van der Waals surface area contributed by atoms with Crippen LogP contribution in [-0.2, 0) is 28.6 Å². The summed E-state index contributed by atoms with van der Waals surface area (Å²) in [6, 6.07) is 0. The van der Waals surface area contributed by atoms with E-state index in [1.807, 2.05) is 6.92 Å². The first-order valence-corrected chi connectivity index (χ1v) is 8.09. The van der Waals surface area contributed by atoms with E-state index in [0.717, 1.165) is 12.8 Å². The minimum atomic E-state index is -0.530. The van der Waals surface area contributed by atoms with Crippen LogP contribution in [0, 0.1) is 0 Å². The van der Waals surface area contributed by atoms with Gasteiger partial charge in [0.05, 0.1) is 32.0 Å². The molecule has 0 heterocycles. The summed E-state index contributed by atoms with van der Waals surface area (Å²) in [5.41, 5.74) is 0.524. The number of carbonyl (C=O) groups excluding carboxylic acids is 3. The van der Waals surface area contributed by atoms with Crippen molar-refractivity contribution in [1.29, 1.82) is 0 Å². The van der Waals surface area contributed by atoms with Crippen LogP contribution < -0.4 is 0 Å². The van der Waals surface area contributed by atoms with Gasteiger partial charge in [0.15, 0.2) is 0 Å². The first-order valence-electron chi connectivity index (χ1n) is 8.09. The van der Waals surface area contributed by atoms with E-state index in [4.69, 9.17) is 9.84 Å². The molecule has 0 aromatic rings. The Morgan fingerprint density at radius 1 is 1.15 bits per heavy atom. The second-order valence-corrected chi connectivity index (χ2v) is 5.21. The van der Waals surface area contributed by atoms with Gasteiger partial charge in [-0.2, -0.15) is 0 Å². The topological polar surface area (TPSA) is 99.1 Å². The number of esters is 3. The Kier molecular flexibility index (Phi) is 20.7. The maximum atomic E-state index is 10.7. The van der Waals surface area contributed by atoms with Gasteiger partial charge in [-0.3, -0.25) is 0 Å². The Morgan fingerprint density at radius 2 is 1.69 bits per heavy atom. The normalized spacial score (nSPS) is 8.73. The van der Waals surface area contributed by atoms with Crippen LogP contribution in [0.25, 0.3) is 0 Å². The van der Waals surface area contributed by atoms with Crippen LogP contribution in [-0.4, -0.2) is 49.4 Å². The molecule has 26 heavy (non-hydrogen) atoms. The molecule has 150 valence electrons. The molecule has 7 heteroatoms. The van der Waals surface area contributed by atoms with Crippen molar-refractivity contribution in [3.63, 3.8) is 0 Å². The highest BCUT2D eigenvalue weighted by Crippen LogP contribution is 1.96. The molecule has 0 unspecified atom stereocenters. The van der Waals surface area contributed by atoms with E-state index in [2.05, 4.69) is 29.2 Å². The van der Waals surface area contributed by atoms with Crippen molar-refractivity contribution < 1.29 is 33.7 Å². The lowest BCUT2D eigenvalue weighted by Gasteiger charge is -2.07. The molecule has 0 spiro atoms.